The molecule has 2 aromatic heterocycles. The number of hydrogen-bond acceptors (Lipinski definition) is 4. The molecule has 0 aliphatic carbocycles. The number of aromatic nitrogens is 4. The fourth-order valence-electron chi connectivity index (χ4n) is 1.09. The zero-order valence-electron chi connectivity index (χ0n) is 7.81. The Kier molecular flexibility index (Phi) is 2.51. The molecule has 0 aliphatic heterocycles. The van der Waals surface area contributed by atoms with E-state index in [0.717, 1.165) is 6.07 Å². The SMILES string of the molecule is FC(F)(F)c1cccc(-c2ncncn2)n1. The monoisotopic (exact) mass is 226 g/mol. The number of nitrogens with zero attached hydrogens (tertiary/aromatic N) is 4. The number of halogens is 3. The lowest BCUT2D eigenvalue weighted by molar-refractivity contribution is -0.141. The Morgan fingerprint density at radius 2 is 1.69 bits per heavy atom. The largest absolute Gasteiger partial charge is 0.433 e. The maximum absolute atomic E-state index is 12.4. The number of pyridine rings is 1. The Bertz CT molecular complexity index is 484. The van der Waals surface area contributed by atoms with E-state index >= 15 is 0 Å². The Morgan fingerprint density at radius 1 is 1.00 bits per heavy atom. The van der Waals surface area contributed by atoms with Crippen LogP contribution in [0.5, 0.6) is 0 Å². The van der Waals surface area contributed by atoms with Crippen molar-refractivity contribution >= 4 is 0 Å². The van der Waals surface area contributed by atoms with E-state index in [2.05, 4.69) is 19.9 Å². The van der Waals surface area contributed by atoms with Crippen LogP contribution in [0.4, 0.5) is 13.2 Å². The lowest BCUT2D eigenvalue weighted by Gasteiger charge is -2.06. The van der Waals surface area contributed by atoms with Gasteiger partial charge in [0, 0.05) is 0 Å². The van der Waals surface area contributed by atoms with Gasteiger partial charge >= 0.3 is 6.18 Å². The quantitative estimate of drug-likeness (QED) is 0.745. The molecule has 0 spiro atoms. The Hall–Kier alpha value is -2.05. The average molecular weight is 226 g/mol. The summed E-state index contributed by atoms with van der Waals surface area (Å²) in [5, 5.41) is 0. The van der Waals surface area contributed by atoms with E-state index < -0.39 is 11.9 Å². The van der Waals surface area contributed by atoms with Crippen LogP contribution < -0.4 is 0 Å². The molecule has 2 rings (SSSR count). The smallest absolute Gasteiger partial charge is 0.240 e. The molecule has 0 N–H and O–H groups in total. The van der Waals surface area contributed by atoms with Gasteiger partial charge in [-0.1, -0.05) is 6.07 Å². The van der Waals surface area contributed by atoms with Crippen molar-refractivity contribution in [1.82, 2.24) is 19.9 Å². The molecule has 0 aromatic carbocycles. The molecule has 0 radical (unpaired) electrons. The van der Waals surface area contributed by atoms with Crippen LogP contribution in [-0.4, -0.2) is 19.9 Å². The van der Waals surface area contributed by atoms with Crippen LogP contribution in [0.1, 0.15) is 5.69 Å². The van der Waals surface area contributed by atoms with E-state index in [9.17, 15) is 13.2 Å². The van der Waals surface area contributed by atoms with Crippen LogP contribution in [-0.2, 0) is 6.18 Å². The second-order valence-electron chi connectivity index (χ2n) is 2.87. The second-order valence-corrected chi connectivity index (χ2v) is 2.87. The minimum absolute atomic E-state index is 0.0669. The fraction of sp³-hybridized carbons (Fsp3) is 0.111. The zero-order chi connectivity index (χ0) is 11.6. The lowest BCUT2D eigenvalue weighted by Crippen LogP contribution is -2.08. The van der Waals surface area contributed by atoms with Crippen LogP contribution >= 0.6 is 0 Å². The molecule has 0 amide bonds. The summed E-state index contributed by atoms with van der Waals surface area (Å²) < 4.78 is 37.1. The van der Waals surface area contributed by atoms with Crippen molar-refractivity contribution in [1.29, 1.82) is 0 Å². The van der Waals surface area contributed by atoms with Crippen molar-refractivity contribution < 1.29 is 13.2 Å². The molecule has 82 valence electrons. The Balaban J connectivity index is 2.45. The second kappa shape index (κ2) is 3.84. The molecule has 0 bridgehead atoms. The topological polar surface area (TPSA) is 51.6 Å². The first-order chi connectivity index (χ1) is 7.57. The maximum atomic E-state index is 12.4. The van der Waals surface area contributed by atoms with E-state index in [-0.39, 0.29) is 11.5 Å². The molecule has 0 saturated carbocycles. The molecular weight excluding hydrogens is 221 g/mol. The summed E-state index contributed by atoms with van der Waals surface area (Å²) in [6.45, 7) is 0. The number of alkyl halides is 3. The normalized spacial score (nSPS) is 11.4. The van der Waals surface area contributed by atoms with Gasteiger partial charge in [0.15, 0.2) is 5.82 Å². The van der Waals surface area contributed by atoms with Gasteiger partial charge in [0.2, 0.25) is 0 Å². The molecule has 0 atom stereocenters. The molecule has 0 unspecified atom stereocenters. The maximum Gasteiger partial charge on any atom is 0.433 e. The highest BCUT2D eigenvalue weighted by molar-refractivity contribution is 5.48. The third kappa shape index (κ3) is 2.13. The highest BCUT2D eigenvalue weighted by Crippen LogP contribution is 2.28. The third-order valence-electron chi connectivity index (χ3n) is 1.76. The van der Waals surface area contributed by atoms with Crippen molar-refractivity contribution in [3.8, 4) is 11.5 Å². The average Bonchev–Trinajstić information content (AvgIpc) is 2.29. The minimum atomic E-state index is -4.47. The van der Waals surface area contributed by atoms with Gasteiger partial charge in [-0.2, -0.15) is 13.2 Å². The van der Waals surface area contributed by atoms with Gasteiger partial charge in [-0.3, -0.25) is 0 Å². The lowest BCUT2D eigenvalue weighted by atomic mass is 10.3. The van der Waals surface area contributed by atoms with Gasteiger partial charge < -0.3 is 0 Å². The minimum Gasteiger partial charge on any atom is -0.240 e. The van der Waals surface area contributed by atoms with Gasteiger partial charge in [-0.25, -0.2) is 19.9 Å². The predicted octanol–water partition coefficient (Wildman–Crippen LogP) is 1.95. The first-order valence-corrected chi connectivity index (χ1v) is 4.24. The molecule has 2 heterocycles. The molecule has 4 nitrogen and oxygen atoms in total. The molecule has 0 fully saturated rings. The molecular formula is C9H5F3N4. The standard InChI is InChI=1S/C9H5F3N4/c10-9(11,12)7-3-1-2-6(16-7)8-14-4-13-5-15-8/h1-5H. The van der Waals surface area contributed by atoms with Crippen LogP contribution in [0.15, 0.2) is 30.9 Å². The predicted molar refractivity (Wildman–Crippen MR) is 48.1 cm³/mol. The highest BCUT2D eigenvalue weighted by atomic mass is 19.4. The third-order valence-corrected chi connectivity index (χ3v) is 1.76. The molecule has 2 aromatic rings. The molecule has 16 heavy (non-hydrogen) atoms. The first kappa shape index (κ1) is 10.5. The van der Waals surface area contributed by atoms with Crippen LogP contribution in [0, 0.1) is 0 Å². The van der Waals surface area contributed by atoms with Crippen molar-refractivity contribution in [2.75, 3.05) is 0 Å². The van der Waals surface area contributed by atoms with Gasteiger partial charge in [-0.15, -0.1) is 0 Å². The Labute approximate surface area is 88.2 Å². The van der Waals surface area contributed by atoms with Gasteiger partial charge in [-0.05, 0) is 12.1 Å². The van der Waals surface area contributed by atoms with E-state index in [0.29, 0.717) is 0 Å². The highest BCUT2D eigenvalue weighted by Gasteiger charge is 2.32. The fourth-order valence-corrected chi connectivity index (χ4v) is 1.09. The molecule has 0 aliphatic rings. The van der Waals surface area contributed by atoms with Gasteiger partial charge in [0.1, 0.15) is 24.0 Å². The zero-order valence-corrected chi connectivity index (χ0v) is 7.81. The summed E-state index contributed by atoms with van der Waals surface area (Å²) in [5.41, 5.74) is -0.900. The van der Waals surface area contributed by atoms with E-state index in [4.69, 9.17) is 0 Å². The summed E-state index contributed by atoms with van der Waals surface area (Å²) in [4.78, 5) is 14.4. The summed E-state index contributed by atoms with van der Waals surface area (Å²) in [6.07, 6.45) is -2.07. The summed E-state index contributed by atoms with van der Waals surface area (Å²) in [5.74, 6) is 0.112. The van der Waals surface area contributed by atoms with Crippen LogP contribution in [0.25, 0.3) is 11.5 Å². The van der Waals surface area contributed by atoms with Crippen LogP contribution in [0.3, 0.4) is 0 Å². The van der Waals surface area contributed by atoms with Gasteiger partial charge in [0.05, 0.1) is 0 Å². The number of rotatable bonds is 1. The number of hydrogen-bond donors (Lipinski definition) is 0. The molecule has 7 heteroatoms. The van der Waals surface area contributed by atoms with Crippen molar-refractivity contribution in [3.63, 3.8) is 0 Å². The van der Waals surface area contributed by atoms with E-state index in [1.54, 1.807) is 0 Å². The summed E-state index contributed by atoms with van der Waals surface area (Å²) >= 11 is 0. The van der Waals surface area contributed by atoms with Crippen LogP contribution in [0.2, 0.25) is 0 Å². The van der Waals surface area contributed by atoms with E-state index in [1.165, 1.54) is 24.8 Å². The van der Waals surface area contributed by atoms with Gasteiger partial charge in [0.25, 0.3) is 0 Å². The molecule has 0 saturated heterocycles. The van der Waals surface area contributed by atoms with E-state index in [1.807, 2.05) is 0 Å². The van der Waals surface area contributed by atoms with Crippen molar-refractivity contribution in [3.05, 3.63) is 36.5 Å². The summed E-state index contributed by atoms with van der Waals surface area (Å²) in [6, 6.07) is 3.56. The van der Waals surface area contributed by atoms with Crippen molar-refractivity contribution in [2.24, 2.45) is 0 Å². The summed E-state index contributed by atoms with van der Waals surface area (Å²) in [7, 11) is 0. The Morgan fingerprint density at radius 3 is 2.31 bits per heavy atom. The van der Waals surface area contributed by atoms with Crippen molar-refractivity contribution in [2.45, 2.75) is 6.18 Å². The first-order valence-electron chi connectivity index (χ1n) is 4.24.